The SMILES string of the molecule is C=Cc1ccccc1.CCOC(=O)CC(=O)OCC. The van der Waals surface area contributed by atoms with Crippen molar-refractivity contribution in [1.29, 1.82) is 0 Å². The van der Waals surface area contributed by atoms with Crippen molar-refractivity contribution in [3.63, 3.8) is 0 Å². The minimum atomic E-state index is -0.536. The quantitative estimate of drug-likeness (QED) is 0.606. The normalized spacial score (nSPS) is 8.74. The maximum atomic E-state index is 10.6. The molecule has 0 spiro atoms. The summed E-state index contributed by atoms with van der Waals surface area (Å²) in [5, 5.41) is 0. The molecule has 0 aliphatic heterocycles. The molecular formula is C15H20O4. The molecule has 0 saturated carbocycles. The molecule has 0 bridgehead atoms. The molecule has 0 amide bonds. The molecule has 0 aliphatic rings. The first-order valence-electron chi connectivity index (χ1n) is 6.12. The van der Waals surface area contributed by atoms with Crippen LogP contribution in [0.3, 0.4) is 0 Å². The van der Waals surface area contributed by atoms with Gasteiger partial charge in [0.1, 0.15) is 6.42 Å². The molecule has 1 aromatic carbocycles. The summed E-state index contributed by atoms with van der Waals surface area (Å²) in [6.07, 6.45) is 1.54. The Morgan fingerprint density at radius 3 is 1.84 bits per heavy atom. The molecular weight excluding hydrogens is 244 g/mol. The van der Waals surface area contributed by atoms with Crippen LogP contribution in [0.25, 0.3) is 6.08 Å². The van der Waals surface area contributed by atoms with Gasteiger partial charge in [0.2, 0.25) is 0 Å². The molecule has 4 nitrogen and oxygen atoms in total. The molecule has 0 radical (unpaired) electrons. The summed E-state index contributed by atoms with van der Waals surface area (Å²) in [5.74, 6) is -1.07. The van der Waals surface area contributed by atoms with E-state index in [2.05, 4.69) is 16.1 Å². The average molecular weight is 264 g/mol. The molecule has 4 heteroatoms. The Hall–Kier alpha value is -2.10. The molecule has 0 aliphatic carbocycles. The summed E-state index contributed by atoms with van der Waals surface area (Å²) < 4.78 is 9.04. The van der Waals surface area contributed by atoms with E-state index in [0.29, 0.717) is 0 Å². The fraction of sp³-hybridized carbons (Fsp3) is 0.333. The van der Waals surface area contributed by atoms with Crippen molar-refractivity contribution in [1.82, 2.24) is 0 Å². The molecule has 104 valence electrons. The summed E-state index contributed by atoms with van der Waals surface area (Å²) >= 11 is 0. The van der Waals surface area contributed by atoms with Crippen LogP contribution in [0.2, 0.25) is 0 Å². The number of benzene rings is 1. The van der Waals surface area contributed by atoms with Crippen LogP contribution in [0.15, 0.2) is 36.9 Å². The second-order valence-corrected chi connectivity index (χ2v) is 3.40. The lowest BCUT2D eigenvalue weighted by molar-refractivity contribution is -0.153. The number of carbonyl (C=O) groups is 2. The summed E-state index contributed by atoms with van der Waals surface area (Å²) in [6.45, 7) is 7.58. The van der Waals surface area contributed by atoms with Crippen LogP contribution in [0.1, 0.15) is 25.8 Å². The van der Waals surface area contributed by atoms with Crippen molar-refractivity contribution in [3.8, 4) is 0 Å². The largest absolute Gasteiger partial charge is 0.466 e. The van der Waals surface area contributed by atoms with E-state index in [0.717, 1.165) is 0 Å². The third-order valence-corrected chi connectivity index (χ3v) is 1.93. The van der Waals surface area contributed by atoms with E-state index in [1.807, 2.05) is 36.4 Å². The lowest BCUT2D eigenvalue weighted by Gasteiger charge is -2.00. The van der Waals surface area contributed by atoms with Crippen molar-refractivity contribution in [2.75, 3.05) is 13.2 Å². The van der Waals surface area contributed by atoms with Crippen molar-refractivity contribution < 1.29 is 19.1 Å². The van der Waals surface area contributed by atoms with Gasteiger partial charge in [0.05, 0.1) is 13.2 Å². The first kappa shape index (κ1) is 16.9. The van der Waals surface area contributed by atoms with E-state index >= 15 is 0 Å². The number of carbonyl (C=O) groups excluding carboxylic acids is 2. The van der Waals surface area contributed by atoms with Gasteiger partial charge >= 0.3 is 11.9 Å². The van der Waals surface area contributed by atoms with Crippen LogP contribution in [0.4, 0.5) is 0 Å². The second-order valence-electron chi connectivity index (χ2n) is 3.40. The van der Waals surface area contributed by atoms with Gasteiger partial charge in [-0.3, -0.25) is 9.59 Å². The van der Waals surface area contributed by atoms with Crippen LogP contribution in [-0.4, -0.2) is 25.2 Å². The first-order valence-corrected chi connectivity index (χ1v) is 6.12. The Morgan fingerprint density at radius 1 is 1.05 bits per heavy atom. The molecule has 0 heterocycles. The monoisotopic (exact) mass is 264 g/mol. The van der Waals surface area contributed by atoms with Gasteiger partial charge in [0, 0.05) is 0 Å². The predicted molar refractivity (Wildman–Crippen MR) is 74.4 cm³/mol. The number of esters is 2. The molecule has 0 N–H and O–H groups in total. The highest BCUT2D eigenvalue weighted by molar-refractivity contribution is 5.91. The molecule has 0 aromatic heterocycles. The van der Waals surface area contributed by atoms with Gasteiger partial charge in [-0.05, 0) is 19.4 Å². The number of ether oxygens (including phenoxy) is 2. The van der Waals surface area contributed by atoms with E-state index in [9.17, 15) is 9.59 Å². The molecule has 0 fully saturated rings. The van der Waals surface area contributed by atoms with E-state index in [1.54, 1.807) is 13.8 Å². The predicted octanol–water partition coefficient (Wildman–Crippen LogP) is 2.83. The Balaban J connectivity index is 0.000000356. The smallest absolute Gasteiger partial charge is 0.317 e. The van der Waals surface area contributed by atoms with Gasteiger partial charge < -0.3 is 9.47 Å². The summed E-state index contributed by atoms with van der Waals surface area (Å²) in [4.78, 5) is 21.2. The number of hydrogen-bond donors (Lipinski definition) is 0. The van der Waals surface area contributed by atoms with Gasteiger partial charge in [0.25, 0.3) is 0 Å². The maximum absolute atomic E-state index is 10.6. The number of hydrogen-bond acceptors (Lipinski definition) is 4. The lowest BCUT2D eigenvalue weighted by Crippen LogP contribution is -2.13. The fourth-order valence-electron chi connectivity index (χ4n) is 1.13. The van der Waals surface area contributed by atoms with Crippen molar-refractivity contribution in [2.24, 2.45) is 0 Å². The minimum absolute atomic E-state index is 0.290. The third kappa shape index (κ3) is 9.59. The summed E-state index contributed by atoms with van der Waals surface area (Å²) in [7, 11) is 0. The van der Waals surface area contributed by atoms with Gasteiger partial charge in [0.15, 0.2) is 0 Å². The van der Waals surface area contributed by atoms with Gasteiger partial charge in [-0.1, -0.05) is 43.0 Å². The zero-order chi connectivity index (χ0) is 14.5. The molecule has 0 saturated heterocycles. The summed E-state index contributed by atoms with van der Waals surface area (Å²) in [5.41, 5.74) is 1.17. The fourth-order valence-corrected chi connectivity index (χ4v) is 1.13. The Kier molecular flexibility index (Phi) is 9.80. The van der Waals surface area contributed by atoms with Crippen molar-refractivity contribution in [3.05, 3.63) is 42.5 Å². The highest BCUT2D eigenvalue weighted by Crippen LogP contribution is 1.97. The third-order valence-electron chi connectivity index (χ3n) is 1.93. The molecule has 0 atom stereocenters. The van der Waals surface area contributed by atoms with Crippen LogP contribution in [0.5, 0.6) is 0 Å². The topological polar surface area (TPSA) is 52.6 Å². The molecule has 1 rings (SSSR count). The minimum Gasteiger partial charge on any atom is -0.466 e. The Labute approximate surface area is 114 Å². The highest BCUT2D eigenvalue weighted by atomic mass is 16.5. The first-order chi connectivity index (χ1) is 9.13. The molecule has 19 heavy (non-hydrogen) atoms. The second kappa shape index (κ2) is 11.0. The highest BCUT2D eigenvalue weighted by Gasteiger charge is 2.09. The van der Waals surface area contributed by atoms with Crippen LogP contribution >= 0.6 is 0 Å². The summed E-state index contributed by atoms with van der Waals surface area (Å²) in [6, 6.07) is 10.0. The zero-order valence-corrected chi connectivity index (χ0v) is 11.4. The van der Waals surface area contributed by atoms with E-state index in [1.165, 1.54) is 5.56 Å². The molecule has 0 unspecified atom stereocenters. The van der Waals surface area contributed by atoms with Crippen LogP contribution < -0.4 is 0 Å². The molecule has 1 aromatic rings. The van der Waals surface area contributed by atoms with E-state index in [-0.39, 0.29) is 19.6 Å². The Morgan fingerprint density at radius 2 is 1.53 bits per heavy atom. The zero-order valence-electron chi connectivity index (χ0n) is 11.4. The standard InChI is InChI=1S/C8H8.C7H12O4/c1-2-8-6-4-3-5-7-8;1-3-10-6(8)5-7(9)11-4-2/h2-7H,1H2;3-5H2,1-2H3. The van der Waals surface area contributed by atoms with Gasteiger partial charge in [-0.2, -0.15) is 0 Å². The Bertz CT molecular complexity index is 368. The maximum Gasteiger partial charge on any atom is 0.317 e. The van der Waals surface area contributed by atoms with Gasteiger partial charge in [-0.25, -0.2) is 0 Å². The van der Waals surface area contributed by atoms with E-state index in [4.69, 9.17) is 0 Å². The van der Waals surface area contributed by atoms with Crippen molar-refractivity contribution in [2.45, 2.75) is 20.3 Å². The lowest BCUT2D eigenvalue weighted by atomic mass is 10.2. The van der Waals surface area contributed by atoms with Gasteiger partial charge in [-0.15, -0.1) is 0 Å². The van der Waals surface area contributed by atoms with Crippen LogP contribution in [0, 0.1) is 0 Å². The van der Waals surface area contributed by atoms with E-state index < -0.39 is 11.9 Å². The average Bonchev–Trinajstić information content (AvgIpc) is 2.41. The number of rotatable bonds is 5. The van der Waals surface area contributed by atoms with Crippen LogP contribution in [-0.2, 0) is 19.1 Å². The van der Waals surface area contributed by atoms with Crippen molar-refractivity contribution >= 4 is 18.0 Å².